The van der Waals surface area contributed by atoms with Crippen molar-refractivity contribution in [1.29, 1.82) is 0 Å². The van der Waals surface area contributed by atoms with Crippen LogP contribution in [0.2, 0.25) is 0 Å². The number of amides is 1. The lowest BCUT2D eigenvalue weighted by atomic mass is 10.1. The van der Waals surface area contributed by atoms with Crippen LogP contribution >= 0.6 is 0 Å². The molecule has 0 aliphatic heterocycles. The first-order valence-electron chi connectivity index (χ1n) is 6.78. The fourth-order valence-electron chi connectivity index (χ4n) is 1.72. The average Bonchev–Trinajstić information content (AvgIpc) is 2.37. The average molecular weight is 276 g/mol. The summed E-state index contributed by atoms with van der Waals surface area (Å²) in [6, 6.07) is 9.69. The summed E-state index contributed by atoms with van der Waals surface area (Å²) in [6.07, 6.45) is 1.38. The maximum absolute atomic E-state index is 11.9. The lowest BCUT2D eigenvalue weighted by Gasteiger charge is -2.24. The van der Waals surface area contributed by atoms with Crippen molar-refractivity contribution < 1.29 is 9.53 Å². The first-order valence-corrected chi connectivity index (χ1v) is 6.78. The SMILES string of the molecule is C=CCNC[C@H](NC(=O)OC(C)(C)C)c1ccccc1. The van der Waals surface area contributed by atoms with E-state index in [0.717, 1.165) is 5.56 Å². The maximum Gasteiger partial charge on any atom is 0.408 e. The molecule has 0 spiro atoms. The molecule has 0 aliphatic rings. The molecule has 0 heterocycles. The van der Waals surface area contributed by atoms with Gasteiger partial charge in [0.2, 0.25) is 0 Å². The van der Waals surface area contributed by atoms with Crippen LogP contribution in [0.15, 0.2) is 43.0 Å². The van der Waals surface area contributed by atoms with Crippen molar-refractivity contribution in [2.45, 2.75) is 32.4 Å². The Morgan fingerprint density at radius 2 is 2.00 bits per heavy atom. The zero-order chi connectivity index (χ0) is 15.0. The molecule has 0 unspecified atom stereocenters. The number of carbonyl (C=O) groups excluding carboxylic acids is 1. The highest BCUT2D eigenvalue weighted by Crippen LogP contribution is 2.13. The van der Waals surface area contributed by atoms with Crippen LogP contribution in [-0.4, -0.2) is 24.8 Å². The van der Waals surface area contributed by atoms with E-state index >= 15 is 0 Å². The van der Waals surface area contributed by atoms with E-state index in [1.807, 2.05) is 51.1 Å². The molecular formula is C16H24N2O2. The number of benzene rings is 1. The molecule has 0 saturated carbocycles. The van der Waals surface area contributed by atoms with Gasteiger partial charge in [-0.3, -0.25) is 0 Å². The van der Waals surface area contributed by atoms with E-state index in [1.165, 1.54) is 0 Å². The standard InChI is InChI=1S/C16H24N2O2/c1-5-11-17-12-14(13-9-7-6-8-10-13)18-15(19)20-16(2,3)4/h5-10,14,17H,1,11-12H2,2-4H3,(H,18,19)/t14-/m0/s1. The van der Waals surface area contributed by atoms with Gasteiger partial charge < -0.3 is 15.4 Å². The number of hydrogen-bond acceptors (Lipinski definition) is 3. The number of carbonyl (C=O) groups is 1. The van der Waals surface area contributed by atoms with Crippen LogP contribution in [0.3, 0.4) is 0 Å². The summed E-state index contributed by atoms with van der Waals surface area (Å²) in [5.41, 5.74) is 0.537. The summed E-state index contributed by atoms with van der Waals surface area (Å²) in [5.74, 6) is 0. The smallest absolute Gasteiger partial charge is 0.408 e. The third-order valence-corrected chi connectivity index (χ3v) is 2.53. The fourth-order valence-corrected chi connectivity index (χ4v) is 1.72. The molecule has 1 aromatic carbocycles. The van der Waals surface area contributed by atoms with Crippen molar-refractivity contribution in [3.63, 3.8) is 0 Å². The van der Waals surface area contributed by atoms with Crippen molar-refractivity contribution in [3.8, 4) is 0 Å². The lowest BCUT2D eigenvalue weighted by molar-refractivity contribution is 0.0503. The summed E-state index contributed by atoms with van der Waals surface area (Å²) >= 11 is 0. The predicted octanol–water partition coefficient (Wildman–Crippen LogP) is 3.03. The number of hydrogen-bond donors (Lipinski definition) is 2. The van der Waals surface area contributed by atoms with Crippen molar-refractivity contribution in [1.82, 2.24) is 10.6 Å². The van der Waals surface area contributed by atoms with Gasteiger partial charge in [-0.25, -0.2) is 4.79 Å². The van der Waals surface area contributed by atoms with Gasteiger partial charge in [0.1, 0.15) is 5.60 Å². The molecule has 0 saturated heterocycles. The predicted molar refractivity (Wildman–Crippen MR) is 81.6 cm³/mol. The van der Waals surface area contributed by atoms with E-state index in [2.05, 4.69) is 17.2 Å². The number of rotatable bonds is 6. The Hall–Kier alpha value is -1.81. The third-order valence-electron chi connectivity index (χ3n) is 2.53. The quantitative estimate of drug-likeness (QED) is 0.620. The minimum atomic E-state index is -0.500. The monoisotopic (exact) mass is 276 g/mol. The molecule has 2 N–H and O–H groups in total. The van der Waals surface area contributed by atoms with Crippen molar-refractivity contribution in [2.24, 2.45) is 0 Å². The Morgan fingerprint density at radius 1 is 1.35 bits per heavy atom. The first kappa shape index (κ1) is 16.2. The zero-order valence-corrected chi connectivity index (χ0v) is 12.5. The highest BCUT2D eigenvalue weighted by Gasteiger charge is 2.20. The van der Waals surface area contributed by atoms with Gasteiger partial charge in [-0.1, -0.05) is 36.4 Å². The maximum atomic E-state index is 11.9. The summed E-state index contributed by atoms with van der Waals surface area (Å²) in [6.45, 7) is 10.5. The molecule has 1 amide bonds. The molecule has 0 aliphatic carbocycles. The minimum absolute atomic E-state index is 0.133. The summed E-state index contributed by atoms with van der Waals surface area (Å²) in [5, 5.41) is 6.10. The largest absolute Gasteiger partial charge is 0.444 e. The Kier molecular flexibility index (Phi) is 6.25. The van der Waals surface area contributed by atoms with Gasteiger partial charge in [-0.05, 0) is 26.3 Å². The number of nitrogens with one attached hydrogen (secondary N) is 2. The molecule has 0 aromatic heterocycles. The van der Waals surface area contributed by atoms with Crippen LogP contribution in [0.1, 0.15) is 32.4 Å². The third kappa shape index (κ3) is 6.38. The minimum Gasteiger partial charge on any atom is -0.444 e. The Morgan fingerprint density at radius 3 is 2.55 bits per heavy atom. The molecule has 4 nitrogen and oxygen atoms in total. The van der Waals surface area contributed by atoms with E-state index in [4.69, 9.17) is 4.74 Å². The van der Waals surface area contributed by atoms with Crippen LogP contribution in [0.25, 0.3) is 0 Å². The Balaban J connectivity index is 2.68. The highest BCUT2D eigenvalue weighted by molar-refractivity contribution is 5.68. The van der Waals surface area contributed by atoms with Gasteiger partial charge in [0.15, 0.2) is 0 Å². The van der Waals surface area contributed by atoms with Gasteiger partial charge in [-0.15, -0.1) is 6.58 Å². The molecule has 110 valence electrons. The van der Waals surface area contributed by atoms with Gasteiger partial charge in [0.05, 0.1) is 6.04 Å². The van der Waals surface area contributed by atoms with Crippen LogP contribution in [0.4, 0.5) is 4.79 Å². The van der Waals surface area contributed by atoms with E-state index in [-0.39, 0.29) is 6.04 Å². The van der Waals surface area contributed by atoms with Crippen molar-refractivity contribution >= 4 is 6.09 Å². The van der Waals surface area contributed by atoms with Gasteiger partial charge in [-0.2, -0.15) is 0 Å². The summed E-state index contributed by atoms with van der Waals surface area (Å²) in [7, 11) is 0. The Bertz CT molecular complexity index is 424. The molecule has 0 bridgehead atoms. The summed E-state index contributed by atoms with van der Waals surface area (Å²) < 4.78 is 5.30. The highest BCUT2D eigenvalue weighted by atomic mass is 16.6. The second-order valence-electron chi connectivity index (χ2n) is 5.56. The Labute approximate surface area is 121 Å². The molecular weight excluding hydrogens is 252 g/mol. The van der Waals surface area contributed by atoms with Gasteiger partial charge in [0.25, 0.3) is 0 Å². The van der Waals surface area contributed by atoms with Crippen LogP contribution < -0.4 is 10.6 Å². The van der Waals surface area contributed by atoms with Crippen LogP contribution in [-0.2, 0) is 4.74 Å². The fraction of sp³-hybridized carbons (Fsp3) is 0.438. The molecule has 1 aromatic rings. The lowest BCUT2D eigenvalue weighted by Crippen LogP contribution is -2.39. The first-order chi connectivity index (χ1) is 9.42. The molecule has 0 fully saturated rings. The molecule has 1 rings (SSSR count). The normalized spacial score (nSPS) is 12.6. The van der Waals surface area contributed by atoms with Crippen molar-refractivity contribution in [3.05, 3.63) is 48.6 Å². The zero-order valence-electron chi connectivity index (χ0n) is 12.5. The molecule has 4 heteroatoms. The van der Waals surface area contributed by atoms with E-state index < -0.39 is 11.7 Å². The number of alkyl carbamates (subject to hydrolysis) is 1. The van der Waals surface area contributed by atoms with Crippen molar-refractivity contribution in [2.75, 3.05) is 13.1 Å². The molecule has 1 atom stereocenters. The summed E-state index contributed by atoms with van der Waals surface area (Å²) in [4.78, 5) is 11.9. The second kappa shape index (κ2) is 7.70. The van der Waals surface area contributed by atoms with E-state index in [1.54, 1.807) is 6.08 Å². The van der Waals surface area contributed by atoms with Crippen LogP contribution in [0.5, 0.6) is 0 Å². The van der Waals surface area contributed by atoms with Gasteiger partial charge >= 0.3 is 6.09 Å². The van der Waals surface area contributed by atoms with Crippen LogP contribution in [0, 0.1) is 0 Å². The molecule has 20 heavy (non-hydrogen) atoms. The van der Waals surface area contributed by atoms with Gasteiger partial charge in [0, 0.05) is 13.1 Å². The molecule has 0 radical (unpaired) electrons. The van der Waals surface area contributed by atoms with E-state index in [0.29, 0.717) is 13.1 Å². The van der Waals surface area contributed by atoms with E-state index in [9.17, 15) is 4.79 Å². The topological polar surface area (TPSA) is 50.4 Å². The second-order valence-corrected chi connectivity index (χ2v) is 5.56. The number of ether oxygens (including phenoxy) is 1.